The fourth-order valence-corrected chi connectivity index (χ4v) is 14.2. The molecule has 0 saturated carbocycles. The molecule has 346 valence electrons. The zero-order chi connectivity index (χ0) is 49.0. The van der Waals surface area contributed by atoms with Crippen LogP contribution in [0, 0.1) is 0 Å². The predicted molar refractivity (Wildman–Crippen MR) is 303 cm³/mol. The quantitative estimate of drug-likeness (QED) is 0.177. The average molecular weight is 951 g/mol. The highest BCUT2D eigenvalue weighted by Crippen LogP contribution is 2.66. The van der Waals surface area contributed by atoms with E-state index in [1.165, 1.54) is 111 Å². The molecular weight excluding hydrogens is 909 g/mol. The predicted octanol–water partition coefficient (Wildman–Crippen LogP) is 16.7. The molecule has 0 aliphatic heterocycles. The molecule has 1 unspecified atom stereocenters. The minimum absolute atomic E-state index is 0.465. The number of para-hydroxylation sites is 1. The van der Waals surface area contributed by atoms with Gasteiger partial charge >= 0.3 is 0 Å². The summed E-state index contributed by atoms with van der Waals surface area (Å²) in [5.41, 5.74) is 25.9. The van der Waals surface area contributed by atoms with Crippen molar-refractivity contribution >= 4 is 21.8 Å². The highest BCUT2D eigenvalue weighted by atomic mass is 15.0. The van der Waals surface area contributed by atoms with Crippen LogP contribution >= 0.6 is 0 Å². The first-order valence-corrected chi connectivity index (χ1v) is 25.9. The van der Waals surface area contributed by atoms with Crippen molar-refractivity contribution in [1.29, 1.82) is 0 Å². The van der Waals surface area contributed by atoms with Crippen LogP contribution in [-0.4, -0.2) is 19.5 Å². The van der Waals surface area contributed by atoms with E-state index in [4.69, 9.17) is 15.0 Å². The summed E-state index contributed by atoms with van der Waals surface area (Å²) < 4.78 is 2.55. The maximum atomic E-state index is 5.25. The van der Waals surface area contributed by atoms with Gasteiger partial charge in [-0.1, -0.05) is 212 Å². The molecule has 11 aromatic carbocycles. The number of benzene rings is 11. The van der Waals surface area contributed by atoms with Gasteiger partial charge in [0.1, 0.15) is 0 Å². The smallest absolute Gasteiger partial charge is 0.164 e. The van der Waals surface area contributed by atoms with E-state index in [0.717, 1.165) is 22.4 Å². The van der Waals surface area contributed by atoms with Gasteiger partial charge < -0.3 is 4.57 Å². The zero-order valence-electron chi connectivity index (χ0n) is 40.5. The Kier molecular flexibility index (Phi) is 8.11. The number of hydrogen-bond donors (Lipinski definition) is 0. The topological polar surface area (TPSA) is 43.6 Å². The number of aromatic nitrogens is 4. The van der Waals surface area contributed by atoms with Gasteiger partial charge in [-0.05, 0) is 131 Å². The molecule has 4 heteroatoms. The van der Waals surface area contributed by atoms with E-state index < -0.39 is 10.8 Å². The van der Waals surface area contributed by atoms with E-state index in [9.17, 15) is 0 Å². The molecule has 2 heterocycles. The molecule has 0 radical (unpaired) electrons. The van der Waals surface area contributed by atoms with Gasteiger partial charge in [0.05, 0.1) is 21.9 Å². The first-order chi connectivity index (χ1) is 37.2. The molecular formula is C71H42N4. The lowest BCUT2D eigenvalue weighted by Crippen LogP contribution is -2.26. The third-order valence-electron chi connectivity index (χ3n) is 17.1. The lowest BCUT2D eigenvalue weighted by atomic mass is 9.70. The van der Waals surface area contributed by atoms with E-state index in [1.54, 1.807) is 0 Å². The summed E-state index contributed by atoms with van der Waals surface area (Å²) >= 11 is 0. The van der Waals surface area contributed by atoms with Crippen LogP contribution in [0.2, 0.25) is 0 Å². The molecule has 0 N–H and O–H groups in total. The average Bonchev–Trinajstić information content (AvgIpc) is 4.42. The summed E-state index contributed by atoms with van der Waals surface area (Å²) in [4.78, 5) is 15.6. The van der Waals surface area contributed by atoms with Crippen molar-refractivity contribution in [3.05, 3.63) is 299 Å². The third-order valence-corrected chi connectivity index (χ3v) is 17.1. The number of nitrogens with zero attached hydrogens (tertiary/aromatic N) is 4. The molecule has 2 spiro atoms. The van der Waals surface area contributed by atoms with Gasteiger partial charge in [-0.3, -0.25) is 0 Å². The Balaban J connectivity index is 0.958. The fourth-order valence-electron chi connectivity index (χ4n) is 14.2. The van der Waals surface area contributed by atoms with Crippen molar-refractivity contribution in [1.82, 2.24) is 19.5 Å². The SMILES string of the molecule is c1ccc(-c2nc(-c3ccccc3)nc(-c3ccc4c(c3)C3(c5ccccc5-4)c4ccccc4-c4cc5c6cc7c(cc6n(-c6ccccc6)c5cc43)C3(c4ccccc4-c4ccccc43)c3ccccc3-7)n2)cc1. The van der Waals surface area contributed by atoms with E-state index in [1.807, 2.05) is 36.4 Å². The Labute approximate surface area is 433 Å². The summed E-state index contributed by atoms with van der Waals surface area (Å²) in [6, 6.07) is 94.1. The first-order valence-electron chi connectivity index (χ1n) is 25.9. The highest BCUT2D eigenvalue weighted by molar-refractivity contribution is 6.15. The monoisotopic (exact) mass is 950 g/mol. The number of fused-ring (bicyclic) bond motifs is 23. The minimum Gasteiger partial charge on any atom is -0.309 e. The van der Waals surface area contributed by atoms with E-state index in [-0.39, 0.29) is 0 Å². The maximum absolute atomic E-state index is 5.25. The molecule has 4 aliphatic rings. The van der Waals surface area contributed by atoms with Crippen LogP contribution in [-0.2, 0) is 10.8 Å². The fraction of sp³-hybridized carbons (Fsp3) is 0.0282. The highest BCUT2D eigenvalue weighted by Gasteiger charge is 2.54. The van der Waals surface area contributed by atoms with Crippen LogP contribution in [0.1, 0.15) is 44.5 Å². The first kappa shape index (κ1) is 40.8. The molecule has 4 aliphatic carbocycles. The summed E-state index contributed by atoms with van der Waals surface area (Å²) in [5.74, 6) is 1.93. The normalized spacial score (nSPS) is 15.4. The van der Waals surface area contributed by atoms with Crippen LogP contribution in [0.5, 0.6) is 0 Å². The Bertz CT molecular complexity index is 4490. The van der Waals surface area contributed by atoms with Gasteiger partial charge in [0.15, 0.2) is 17.5 Å². The standard InChI is InChI=1S/C71H42N4/c1-4-20-43(21-5-1)67-72-68(44-22-6-2-7-23-44)74-69(73-67)45-36-37-52-49-28-12-17-33-59(49)71(62(52)38-45)61-35-19-14-30-51(61)54-40-56-55-39-53-50-29-13-18-34-60(50)70(57-31-15-10-26-47(57)48-27-11-16-32-58(48)70)63(53)41-65(55)75(66(56)42-64(54)71)46-24-8-3-9-25-46/h1-42H. The Morgan fingerprint density at radius 3 is 0.987 bits per heavy atom. The third kappa shape index (κ3) is 5.22. The number of rotatable bonds is 4. The van der Waals surface area contributed by atoms with Crippen molar-refractivity contribution in [2.45, 2.75) is 10.8 Å². The summed E-state index contributed by atoms with van der Waals surface area (Å²) in [5, 5.41) is 2.48. The van der Waals surface area contributed by atoms with Gasteiger partial charge in [-0.2, -0.15) is 0 Å². The summed E-state index contributed by atoms with van der Waals surface area (Å²) in [7, 11) is 0. The molecule has 4 nitrogen and oxygen atoms in total. The van der Waals surface area contributed by atoms with Crippen LogP contribution in [0.25, 0.3) is 106 Å². The molecule has 0 saturated heterocycles. The van der Waals surface area contributed by atoms with E-state index >= 15 is 0 Å². The molecule has 1 atom stereocenters. The van der Waals surface area contributed by atoms with Crippen molar-refractivity contribution in [2.24, 2.45) is 0 Å². The molecule has 2 aromatic heterocycles. The Hall–Kier alpha value is -9.77. The van der Waals surface area contributed by atoms with Crippen molar-refractivity contribution in [3.8, 4) is 84.4 Å². The molecule has 0 fully saturated rings. The van der Waals surface area contributed by atoms with Crippen LogP contribution in [0.4, 0.5) is 0 Å². The molecule has 13 aromatic rings. The second-order valence-electron chi connectivity index (χ2n) is 20.5. The second kappa shape index (κ2) is 14.9. The van der Waals surface area contributed by atoms with Crippen molar-refractivity contribution in [3.63, 3.8) is 0 Å². The maximum Gasteiger partial charge on any atom is 0.164 e. The summed E-state index contributed by atoms with van der Waals surface area (Å²) in [6.07, 6.45) is 0. The summed E-state index contributed by atoms with van der Waals surface area (Å²) in [6.45, 7) is 0. The van der Waals surface area contributed by atoms with Gasteiger partial charge in [0.2, 0.25) is 0 Å². The van der Waals surface area contributed by atoms with E-state index in [0.29, 0.717) is 17.5 Å². The van der Waals surface area contributed by atoms with Crippen molar-refractivity contribution in [2.75, 3.05) is 0 Å². The Morgan fingerprint density at radius 2 is 0.560 bits per heavy atom. The van der Waals surface area contributed by atoms with E-state index in [2.05, 4.69) is 223 Å². The lowest BCUT2D eigenvalue weighted by Gasteiger charge is -2.31. The molecule has 0 amide bonds. The number of hydrogen-bond acceptors (Lipinski definition) is 3. The van der Waals surface area contributed by atoms with Crippen LogP contribution in [0.15, 0.2) is 255 Å². The minimum atomic E-state index is -0.639. The molecule has 17 rings (SSSR count). The van der Waals surface area contributed by atoms with Crippen LogP contribution < -0.4 is 0 Å². The van der Waals surface area contributed by atoms with Crippen LogP contribution in [0.3, 0.4) is 0 Å². The lowest BCUT2D eigenvalue weighted by molar-refractivity contribution is 0.793. The van der Waals surface area contributed by atoms with Gasteiger partial charge in [0, 0.05) is 33.2 Å². The van der Waals surface area contributed by atoms with Gasteiger partial charge in [0.25, 0.3) is 0 Å². The molecule has 0 bridgehead atoms. The van der Waals surface area contributed by atoms with Gasteiger partial charge in [-0.25, -0.2) is 15.0 Å². The second-order valence-corrected chi connectivity index (χ2v) is 20.5. The zero-order valence-corrected chi connectivity index (χ0v) is 40.5. The van der Waals surface area contributed by atoms with Gasteiger partial charge in [-0.15, -0.1) is 0 Å². The Morgan fingerprint density at radius 1 is 0.240 bits per heavy atom. The largest absolute Gasteiger partial charge is 0.309 e. The molecule has 75 heavy (non-hydrogen) atoms. The van der Waals surface area contributed by atoms with Crippen molar-refractivity contribution < 1.29 is 0 Å².